The van der Waals surface area contributed by atoms with E-state index in [1.165, 1.54) is 34.3 Å². The minimum absolute atomic E-state index is 0.876. The van der Waals surface area contributed by atoms with Gasteiger partial charge in [-0.15, -0.1) is 8.58 Å². The van der Waals surface area contributed by atoms with Gasteiger partial charge in [0.15, 0.2) is 0 Å². The van der Waals surface area contributed by atoms with Gasteiger partial charge in [0, 0.05) is 0 Å². The summed E-state index contributed by atoms with van der Waals surface area (Å²) in [5.74, 6) is 3.47. The van der Waals surface area contributed by atoms with Crippen LogP contribution < -0.4 is 0 Å². The van der Waals surface area contributed by atoms with Crippen LogP contribution in [0.1, 0.15) is 71.1 Å². The van der Waals surface area contributed by atoms with Crippen LogP contribution in [0.3, 0.4) is 0 Å². The summed E-state index contributed by atoms with van der Waals surface area (Å²) in [6.07, 6.45) is 17.2. The van der Waals surface area contributed by atoms with Gasteiger partial charge in [0.2, 0.25) is 0 Å². The fourth-order valence-electron chi connectivity index (χ4n) is 5.23. The molecule has 0 aromatic rings. The predicted molar refractivity (Wildman–Crippen MR) is 78.2 cm³/mol. The molecule has 0 radical (unpaired) electrons. The molecular formula is C16H29P. The molecule has 0 spiro atoms. The molecule has 4 aliphatic rings. The normalized spacial score (nSPS) is 43.9. The Morgan fingerprint density at radius 1 is 0.882 bits per heavy atom. The van der Waals surface area contributed by atoms with Crippen LogP contribution in [-0.4, -0.2) is 11.3 Å². The monoisotopic (exact) mass is 252 g/mol. The number of unbranched alkanes of at least 4 members (excludes halogenated alkanes) is 3. The average molecular weight is 252 g/mol. The quantitative estimate of drug-likeness (QED) is 0.449. The van der Waals surface area contributed by atoms with Crippen molar-refractivity contribution in [1.29, 1.82) is 0 Å². The van der Waals surface area contributed by atoms with Gasteiger partial charge in [0.25, 0.3) is 0 Å². The minimum atomic E-state index is 0.876. The molecule has 4 rings (SSSR count). The first kappa shape index (κ1) is 12.5. The molecule has 4 fully saturated rings. The average Bonchev–Trinajstić information content (AvgIpc) is 2.26. The van der Waals surface area contributed by atoms with Gasteiger partial charge >= 0.3 is 0 Å². The Kier molecular flexibility index (Phi) is 3.81. The molecule has 0 aliphatic heterocycles. The van der Waals surface area contributed by atoms with Crippen molar-refractivity contribution in [2.75, 3.05) is 6.16 Å². The second kappa shape index (κ2) is 5.20. The lowest BCUT2D eigenvalue weighted by Crippen LogP contribution is -2.48. The van der Waals surface area contributed by atoms with Gasteiger partial charge in [-0.25, -0.2) is 0 Å². The zero-order valence-electron chi connectivity index (χ0n) is 11.5. The highest BCUT2D eigenvalue weighted by atomic mass is 31.1. The summed E-state index contributed by atoms with van der Waals surface area (Å²) in [5.41, 5.74) is 0. The first-order chi connectivity index (χ1) is 8.30. The Bertz CT molecular complexity index is 223. The van der Waals surface area contributed by atoms with Crippen molar-refractivity contribution >= 4 is 8.58 Å². The van der Waals surface area contributed by atoms with Crippen LogP contribution in [0, 0.1) is 17.8 Å². The molecule has 4 saturated carbocycles. The van der Waals surface area contributed by atoms with Crippen molar-refractivity contribution in [2.45, 2.75) is 76.3 Å². The maximum absolute atomic E-state index is 2.32. The van der Waals surface area contributed by atoms with Crippen molar-refractivity contribution in [3.05, 3.63) is 0 Å². The first-order valence-corrected chi connectivity index (χ1v) is 9.25. The molecular weight excluding hydrogens is 223 g/mol. The van der Waals surface area contributed by atoms with Gasteiger partial charge in [-0.05, 0) is 74.0 Å². The van der Waals surface area contributed by atoms with Gasteiger partial charge in [-0.2, -0.15) is 0 Å². The zero-order valence-corrected chi connectivity index (χ0v) is 12.5. The summed E-state index contributed by atoms with van der Waals surface area (Å²) in [4.78, 5) is 0. The molecule has 4 aliphatic carbocycles. The number of rotatable bonds is 6. The van der Waals surface area contributed by atoms with Crippen LogP contribution in [0.15, 0.2) is 0 Å². The van der Waals surface area contributed by atoms with Crippen LogP contribution in [0.5, 0.6) is 0 Å². The molecule has 1 heteroatoms. The maximum atomic E-state index is 2.32. The molecule has 0 nitrogen and oxygen atoms in total. The molecule has 0 N–H and O–H groups in total. The Labute approximate surface area is 109 Å². The molecule has 1 unspecified atom stereocenters. The smallest absolute Gasteiger partial charge is 0.0114 e. The zero-order chi connectivity index (χ0) is 11.7. The van der Waals surface area contributed by atoms with Crippen molar-refractivity contribution < 1.29 is 0 Å². The molecule has 0 saturated heterocycles. The Hall–Kier alpha value is 0.430. The van der Waals surface area contributed by atoms with E-state index >= 15 is 0 Å². The van der Waals surface area contributed by atoms with Crippen LogP contribution in [0.4, 0.5) is 0 Å². The highest BCUT2D eigenvalue weighted by Gasteiger charge is 2.50. The second-order valence-corrected chi connectivity index (χ2v) is 9.10. The number of hydrogen-bond donors (Lipinski definition) is 0. The molecule has 0 amide bonds. The third-order valence-electron chi connectivity index (χ3n) is 5.57. The summed E-state index contributed by atoms with van der Waals surface area (Å²) in [6.45, 7) is 2.32. The van der Waals surface area contributed by atoms with E-state index in [-0.39, 0.29) is 0 Å². The van der Waals surface area contributed by atoms with Gasteiger partial charge < -0.3 is 0 Å². The molecule has 1 atom stereocenters. The third-order valence-corrected chi connectivity index (χ3v) is 7.53. The van der Waals surface area contributed by atoms with E-state index in [4.69, 9.17) is 0 Å². The molecule has 0 heterocycles. The first-order valence-electron chi connectivity index (χ1n) is 8.05. The minimum Gasteiger partial charge on any atom is -0.116 e. The van der Waals surface area contributed by atoms with Gasteiger partial charge in [-0.1, -0.05) is 26.2 Å². The van der Waals surface area contributed by atoms with Crippen molar-refractivity contribution in [3.8, 4) is 0 Å². The van der Waals surface area contributed by atoms with Gasteiger partial charge in [0.05, 0.1) is 0 Å². The van der Waals surface area contributed by atoms with Crippen LogP contribution in [-0.2, 0) is 0 Å². The highest BCUT2D eigenvalue weighted by molar-refractivity contribution is 7.40. The molecule has 0 aromatic heterocycles. The highest BCUT2D eigenvalue weighted by Crippen LogP contribution is 2.62. The largest absolute Gasteiger partial charge is 0.116 e. The van der Waals surface area contributed by atoms with Crippen molar-refractivity contribution in [3.63, 3.8) is 0 Å². The Balaban J connectivity index is 1.49. The number of hydrogen-bond acceptors (Lipinski definition) is 0. The fraction of sp³-hybridized carbons (Fsp3) is 1.00. The van der Waals surface area contributed by atoms with E-state index in [1.807, 2.05) is 0 Å². The van der Waals surface area contributed by atoms with Gasteiger partial charge in [0.1, 0.15) is 0 Å². The van der Waals surface area contributed by atoms with E-state index in [2.05, 4.69) is 6.92 Å². The van der Waals surface area contributed by atoms with Crippen LogP contribution in [0.25, 0.3) is 0 Å². The molecule has 17 heavy (non-hydrogen) atoms. The molecule has 4 bridgehead atoms. The van der Waals surface area contributed by atoms with E-state index in [9.17, 15) is 0 Å². The lowest BCUT2D eigenvalue weighted by atomic mass is 9.56. The third kappa shape index (κ3) is 2.73. The standard InChI is InChI=1S/C16H29P/c1-2-3-4-5-6-17-16-10-13-7-14(11-16)9-15(8-13)12-16/h13-15,17H,2-12H2,1H3. The Morgan fingerprint density at radius 2 is 1.47 bits per heavy atom. The molecule has 98 valence electrons. The topological polar surface area (TPSA) is 0 Å². The fourth-order valence-corrected chi connectivity index (χ4v) is 7.49. The van der Waals surface area contributed by atoms with Crippen molar-refractivity contribution in [2.24, 2.45) is 17.8 Å². The Morgan fingerprint density at radius 3 is 2.00 bits per heavy atom. The summed E-state index contributed by atoms with van der Waals surface area (Å²) in [6, 6.07) is 0. The SMILES string of the molecule is CCCCCCPC12CC3CC(CC(C3)C1)C2. The second-order valence-electron chi connectivity index (χ2n) is 7.19. The predicted octanol–water partition coefficient (Wildman–Crippen LogP) is 5.21. The summed E-state index contributed by atoms with van der Waals surface area (Å²) < 4.78 is 0. The summed E-state index contributed by atoms with van der Waals surface area (Å²) >= 11 is 0. The van der Waals surface area contributed by atoms with Crippen LogP contribution >= 0.6 is 8.58 Å². The van der Waals surface area contributed by atoms with Gasteiger partial charge in [-0.3, -0.25) is 0 Å². The van der Waals surface area contributed by atoms with E-state index in [0.717, 1.165) is 22.9 Å². The van der Waals surface area contributed by atoms with Crippen molar-refractivity contribution in [1.82, 2.24) is 0 Å². The lowest BCUT2D eigenvalue weighted by Gasteiger charge is -2.57. The lowest BCUT2D eigenvalue weighted by molar-refractivity contribution is 0.0367. The van der Waals surface area contributed by atoms with E-state index in [0.29, 0.717) is 0 Å². The van der Waals surface area contributed by atoms with E-state index < -0.39 is 0 Å². The molecule has 0 aromatic carbocycles. The maximum Gasteiger partial charge on any atom is -0.0114 e. The van der Waals surface area contributed by atoms with Crippen LogP contribution in [0.2, 0.25) is 0 Å². The summed E-state index contributed by atoms with van der Waals surface area (Å²) in [7, 11) is 1.32. The summed E-state index contributed by atoms with van der Waals surface area (Å²) in [5, 5.41) is 0.876. The van der Waals surface area contributed by atoms with E-state index in [1.54, 1.807) is 44.7 Å².